The van der Waals surface area contributed by atoms with E-state index in [9.17, 15) is 21.9 Å². The van der Waals surface area contributed by atoms with E-state index in [1.54, 1.807) is 0 Å². The van der Waals surface area contributed by atoms with Crippen molar-refractivity contribution >= 4 is 18.6 Å². The molecule has 22 heavy (non-hydrogen) atoms. The van der Waals surface area contributed by atoms with Gasteiger partial charge in [0.1, 0.15) is 0 Å². The molecule has 0 aliphatic heterocycles. The lowest BCUT2D eigenvalue weighted by atomic mass is 10.3. The third kappa shape index (κ3) is 7.08. The molecule has 5 nitrogen and oxygen atoms in total. The molecule has 10 heteroatoms. The van der Waals surface area contributed by atoms with Crippen LogP contribution in [0.2, 0.25) is 0 Å². The van der Waals surface area contributed by atoms with E-state index in [1.165, 1.54) is 48.5 Å². The molecule has 1 N–H and O–H groups in total. The van der Waals surface area contributed by atoms with Crippen molar-refractivity contribution < 1.29 is 31.0 Å². The smallest absolute Gasteiger partial charge is 0.304 e. The lowest BCUT2D eigenvalue weighted by Crippen LogP contribution is -2.48. The zero-order chi connectivity index (χ0) is 17.9. The quantitative estimate of drug-likeness (QED) is 0.692. The fourth-order valence-corrected chi connectivity index (χ4v) is 4.64. The highest BCUT2D eigenvalue weighted by molar-refractivity contribution is 7.84. The van der Waals surface area contributed by atoms with E-state index in [1.807, 2.05) is 4.72 Å². The maximum atomic E-state index is 13.3. The lowest BCUT2D eigenvalue weighted by molar-refractivity contribution is -0.138. The normalized spacial score (nSPS) is 17.1. The van der Waals surface area contributed by atoms with Crippen LogP contribution < -0.4 is 4.72 Å². The van der Waals surface area contributed by atoms with Crippen molar-refractivity contribution in [3.05, 3.63) is 0 Å². The summed E-state index contributed by atoms with van der Waals surface area (Å²) in [6, 6.07) is 0. The van der Waals surface area contributed by atoms with Gasteiger partial charge in [-0.2, -0.15) is 13.2 Å². The molecule has 2 atom stereocenters. The Hall–Kier alpha value is 0.0500. The van der Waals surface area contributed by atoms with Gasteiger partial charge in [0.25, 0.3) is 0 Å². The predicted octanol–water partition coefficient (Wildman–Crippen LogP) is 3.97. The van der Waals surface area contributed by atoms with Crippen LogP contribution in [0.1, 0.15) is 48.5 Å². The zero-order valence-electron chi connectivity index (χ0n) is 13.9. The van der Waals surface area contributed by atoms with E-state index in [-0.39, 0.29) is 0 Å². The van der Waals surface area contributed by atoms with Gasteiger partial charge in [-0.15, -0.1) is 0 Å². The Morgan fingerprint density at radius 3 is 1.59 bits per heavy atom. The van der Waals surface area contributed by atoms with Gasteiger partial charge in [0.2, 0.25) is 5.78 Å². The van der Waals surface area contributed by atoms with Crippen molar-refractivity contribution in [2.45, 2.75) is 77.4 Å². The molecule has 0 radical (unpaired) electrons. The molecule has 134 valence electrons. The number of alkyl halides is 3. The van der Waals surface area contributed by atoms with Gasteiger partial charge in [0.05, 0.1) is 27.9 Å². The summed E-state index contributed by atoms with van der Waals surface area (Å²) in [5.41, 5.74) is 0. The molecule has 0 bridgehead atoms. The molecule has 0 fully saturated rings. The molecule has 0 aliphatic carbocycles. The number of halogens is 3. The van der Waals surface area contributed by atoms with Crippen LogP contribution in [0.5, 0.6) is 0 Å². The van der Waals surface area contributed by atoms with E-state index < -0.39 is 47.5 Å². The minimum Gasteiger partial charge on any atom is -0.304 e. The Labute approximate surface area is 132 Å². The van der Waals surface area contributed by atoms with Gasteiger partial charge in [-0.25, -0.2) is 8.93 Å². The Kier molecular flexibility index (Phi) is 7.76. The second-order valence-electron chi connectivity index (χ2n) is 6.29. The minimum absolute atomic E-state index is 0.751. The van der Waals surface area contributed by atoms with Crippen molar-refractivity contribution in [2.24, 2.45) is 0 Å². The monoisotopic (exact) mass is 367 g/mol. The molecule has 0 aliphatic rings. The first-order chi connectivity index (χ1) is 9.59. The van der Waals surface area contributed by atoms with Crippen LogP contribution in [0.25, 0.3) is 0 Å². The van der Waals surface area contributed by atoms with Gasteiger partial charge in [0, 0.05) is 0 Å². The van der Waals surface area contributed by atoms with Gasteiger partial charge in [-0.05, 0) is 48.5 Å². The van der Waals surface area contributed by atoms with E-state index in [0.717, 1.165) is 0 Å². The van der Waals surface area contributed by atoms with Gasteiger partial charge in [-0.1, -0.05) is 0 Å². The molecule has 0 aromatic heterocycles. The van der Waals surface area contributed by atoms with Crippen molar-refractivity contribution in [2.75, 3.05) is 0 Å². The Bertz CT molecular complexity index is 421. The van der Waals surface area contributed by atoms with Gasteiger partial charge in [-0.3, -0.25) is 4.57 Å². The van der Waals surface area contributed by atoms with Crippen molar-refractivity contribution in [3.63, 3.8) is 0 Å². The predicted molar refractivity (Wildman–Crippen MR) is 80.9 cm³/mol. The van der Waals surface area contributed by atoms with Gasteiger partial charge >= 0.3 is 13.8 Å². The van der Waals surface area contributed by atoms with Crippen LogP contribution in [0.15, 0.2) is 0 Å². The fraction of sp³-hybridized carbons (Fsp3) is 1.00. The summed E-state index contributed by atoms with van der Waals surface area (Å²) in [5, 5.41) is 0. The standard InChI is InChI=1S/C12H25F3NO4PS/c1-8(2)19-21(17,20-9(3)4)10(12(13,14)15)16-22(18)11(5,6)7/h8-10,16H,1-7H3/t10-,22?/m0/s1. The highest BCUT2D eigenvalue weighted by Crippen LogP contribution is 2.58. The SMILES string of the molecule is CC(C)OP(=O)(OC(C)C)[C@H](NS(=O)C(C)(C)C)C(F)(F)F. The summed E-state index contributed by atoms with van der Waals surface area (Å²) < 4.78 is 75.5. The maximum absolute atomic E-state index is 13.3. The van der Waals surface area contributed by atoms with E-state index in [2.05, 4.69) is 0 Å². The minimum atomic E-state index is -4.94. The van der Waals surface area contributed by atoms with Gasteiger partial charge < -0.3 is 9.05 Å². The Balaban J connectivity index is 5.70. The van der Waals surface area contributed by atoms with Crippen molar-refractivity contribution in [1.29, 1.82) is 0 Å². The van der Waals surface area contributed by atoms with E-state index in [0.29, 0.717) is 0 Å². The highest BCUT2D eigenvalue weighted by Gasteiger charge is 2.56. The number of nitrogens with one attached hydrogen (secondary N) is 1. The largest absolute Gasteiger partial charge is 0.416 e. The van der Waals surface area contributed by atoms with Crippen molar-refractivity contribution in [3.8, 4) is 0 Å². The molecular weight excluding hydrogens is 342 g/mol. The van der Waals surface area contributed by atoms with E-state index >= 15 is 0 Å². The molecule has 0 aromatic rings. The van der Waals surface area contributed by atoms with Crippen LogP contribution in [-0.2, 0) is 24.6 Å². The molecule has 0 saturated carbocycles. The molecule has 0 heterocycles. The van der Waals surface area contributed by atoms with Crippen LogP contribution in [0.4, 0.5) is 13.2 Å². The summed E-state index contributed by atoms with van der Waals surface area (Å²) in [7, 11) is -6.71. The van der Waals surface area contributed by atoms with Crippen LogP contribution in [0.3, 0.4) is 0 Å². The molecular formula is C12H25F3NO4PS. The first-order valence-corrected chi connectivity index (χ1v) is 9.57. The average molecular weight is 367 g/mol. The second-order valence-corrected chi connectivity index (χ2v) is 10.3. The summed E-state index contributed by atoms with van der Waals surface area (Å²) >= 11 is 0. The number of hydrogen-bond acceptors (Lipinski definition) is 4. The molecule has 0 spiro atoms. The average Bonchev–Trinajstić information content (AvgIpc) is 2.19. The topological polar surface area (TPSA) is 64.6 Å². The Morgan fingerprint density at radius 2 is 1.36 bits per heavy atom. The lowest BCUT2D eigenvalue weighted by Gasteiger charge is -2.32. The summed E-state index contributed by atoms with van der Waals surface area (Å²) in [6.07, 6.45) is -6.45. The highest BCUT2D eigenvalue weighted by atomic mass is 32.2. The van der Waals surface area contributed by atoms with Gasteiger partial charge in [0.15, 0.2) is 0 Å². The molecule has 0 amide bonds. The first kappa shape index (κ1) is 22.1. The molecule has 1 unspecified atom stereocenters. The van der Waals surface area contributed by atoms with Crippen molar-refractivity contribution in [1.82, 2.24) is 4.72 Å². The summed E-state index contributed by atoms with van der Waals surface area (Å²) in [5.74, 6) is -2.66. The van der Waals surface area contributed by atoms with E-state index in [4.69, 9.17) is 9.05 Å². The van der Waals surface area contributed by atoms with Crippen LogP contribution in [-0.4, -0.2) is 33.1 Å². The summed E-state index contributed by atoms with van der Waals surface area (Å²) in [6.45, 7) is 10.3. The number of hydrogen-bond donors (Lipinski definition) is 1. The van der Waals surface area contributed by atoms with Crippen LogP contribution in [0, 0.1) is 0 Å². The summed E-state index contributed by atoms with van der Waals surface area (Å²) in [4.78, 5) is 0. The first-order valence-electron chi connectivity index (χ1n) is 6.81. The zero-order valence-corrected chi connectivity index (χ0v) is 15.6. The second kappa shape index (κ2) is 7.75. The third-order valence-corrected chi connectivity index (χ3v) is 6.34. The molecule has 0 rings (SSSR count). The molecule has 0 aromatic carbocycles. The third-order valence-electron chi connectivity index (χ3n) is 2.12. The number of rotatable bonds is 7. The Morgan fingerprint density at radius 1 is 1.00 bits per heavy atom. The molecule has 0 saturated heterocycles. The van der Waals surface area contributed by atoms with Crippen LogP contribution >= 0.6 is 7.60 Å². The fourth-order valence-electron chi connectivity index (χ4n) is 1.32. The maximum Gasteiger partial charge on any atom is 0.416 e.